The first-order valence-corrected chi connectivity index (χ1v) is 16.8. The number of nitrogens with one attached hydrogen (secondary N) is 2. The van der Waals surface area contributed by atoms with Crippen LogP contribution in [0.1, 0.15) is 28.9 Å². The second-order valence-corrected chi connectivity index (χ2v) is 12.9. The van der Waals surface area contributed by atoms with Gasteiger partial charge in [0, 0.05) is 24.7 Å². The number of rotatable bonds is 15. The molecule has 55 heavy (non-hydrogen) atoms. The number of aliphatic hydroxyl groups is 7. The number of amides is 1. The molecule has 2 saturated heterocycles. The summed E-state index contributed by atoms with van der Waals surface area (Å²) in [4.78, 5) is 53.9. The summed E-state index contributed by atoms with van der Waals surface area (Å²) in [5, 5.41) is 94.9. The molecule has 23 nitrogen and oxygen atoms in total. The van der Waals surface area contributed by atoms with E-state index in [9.17, 15) is 55.2 Å². The molecule has 0 radical (unpaired) electrons. The summed E-state index contributed by atoms with van der Waals surface area (Å²) in [5.41, 5.74) is 7.62. The van der Waals surface area contributed by atoms with Crippen molar-refractivity contribution in [2.75, 3.05) is 36.2 Å². The molecule has 2 aromatic heterocycles. The Balaban J connectivity index is 1.22. The molecular weight excluding hydrogens is 736 g/mol. The van der Waals surface area contributed by atoms with E-state index in [-0.39, 0.29) is 41.5 Å². The van der Waals surface area contributed by atoms with Crippen LogP contribution in [0.3, 0.4) is 0 Å². The molecule has 3 aromatic rings. The van der Waals surface area contributed by atoms with Gasteiger partial charge in [-0.25, -0.2) is 14.8 Å². The fraction of sp³-hybridized carbons (Fsp3) is 0.531. The Morgan fingerprint density at radius 2 is 1.60 bits per heavy atom. The molecule has 5 rings (SSSR count). The first kappa shape index (κ1) is 41.2. The number of hydrogen-bond donors (Lipinski definition) is 12. The summed E-state index contributed by atoms with van der Waals surface area (Å²) >= 11 is 0. The number of aliphatic hydroxyl groups excluding tert-OH is 7. The van der Waals surface area contributed by atoms with Gasteiger partial charge >= 0.3 is 11.9 Å². The van der Waals surface area contributed by atoms with Gasteiger partial charge in [-0.05, 0) is 30.7 Å². The van der Waals surface area contributed by atoms with Crippen molar-refractivity contribution >= 4 is 46.5 Å². The molecule has 1 unspecified atom stereocenters. The molecule has 0 saturated carbocycles. The summed E-state index contributed by atoms with van der Waals surface area (Å²) in [6, 6.07) is 4.82. The molecule has 0 spiro atoms. The molecule has 4 heterocycles. The third kappa shape index (κ3) is 9.48. The monoisotopic (exact) mass is 778 g/mol. The molecule has 2 fully saturated rings. The van der Waals surface area contributed by atoms with Crippen LogP contribution in [0.4, 0.5) is 17.5 Å². The molecule has 300 valence electrons. The average Bonchev–Trinajstić information content (AvgIpc) is 3.16. The Kier molecular flexibility index (Phi) is 13.2. The van der Waals surface area contributed by atoms with Crippen LogP contribution in [-0.2, 0) is 30.3 Å². The van der Waals surface area contributed by atoms with E-state index in [4.69, 9.17) is 25.1 Å². The third-order valence-corrected chi connectivity index (χ3v) is 8.98. The van der Waals surface area contributed by atoms with Gasteiger partial charge in [-0.15, -0.1) is 0 Å². The van der Waals surface area contributed by atoms with Crippen LogP contribution in [0.2, 0.25) is 0 Å². The van der Waals surface area contributed by atoms with Crippen LogP contribution >= 0.6 is 0 Å². The molecule has 2 aliphatic heterocycles. The van der Waals surface area contributed by atoms with E-state index in [1.165, 1.54) is 18.3 Å². The van der Waals surface area contributed by atoms with E-state index in [0.717, 1.165) is 0 Å². The molecule has 23 heteroatoms. The Bertz CT molecular complexity index is 1820. The summed E-state index contributed by atoms with van der Waals surface area (Å²) < 4.78 is 16.6. The van der Waals surface area contributed by atoms with Gasteiger partial charge in [0.15, 0.2) is 29.5 Å². The average molecular weight is 779 g/mol. The zero-order valence-electron chi connectivity index (χ0n) is 29.1. The largest absolute Gasteiger partial charge is 0.481 e. The molecule has 13 N–H and O–H groups in total. The first-order chi connectivity index (χ1) is 26.1. The number of aliphatic carboxylic acids is 2. The fourth-order valence-electron chi connectivity index (χ4n) is 5.91. The number of carboxylic acids is 2. The zero-order chi connectivity index (χ0) is 40.1. The van der Waals surface area contributed by atoms with Gasteiger partial charge in [0.25, 0.3) is 5.91 Å². The number of aromatic nitrogens is 4. The quantitative estimate of drug-likeness (QED) is 0.0694. The lowest BCUT2D eigenvalue weighted by molar-refractivity contribution is -0.340. The lowest BCUT2D eigenvalue weighted by Gasteiger charge is -2.46. The predicted octanol–water partition coefficient (Wildman–Crippen LogP) is -4.28. The van der Waals surface area contributed by atoms with E-state index in [1.54, 1.807) is 24.1 Å². The number of fused-ring (bicyclic) bond motifs is 1. The third-order valence-electron chi connectivity index (χ3n) is 8.98. The minimum absolute atomic E-state index is 0.0492. The summed E-state index contributed by atoms with van der Waals surface area (Å²) in [5.74, 6) is -3.53. The maximum absolute atomic E-state index is 12.6. The lowest BCUT2D eigenvalue weighted by atomic mass is 9.96. The van der Waals surface area contributed by atoms with E-state index in [2.05, 4.69) is 30.6 Å². The van der Waals surface area contributed by atoms with E-state index < -0.39 is 105 Å². The smallest absolute Gasteiger partial charge is 0.326 e. The van der Waals surface area contributed by atoms with Crippen LogP contribution in [0.15, 0.2) is 30.5 Å². The van der Waals surface area contributed by atoms with Crippen LogP contribution < -0.4 is 21.3 Å². The Morgan fingerprint density at radius 3 is 2.24 bits per heavy atom. The number of nitrogens with two attached hydrogens (primary N) is 1. The minimum atomic E-state index is -1.82. The van der Waals surface area contributed by atoms with E-state index >= 15 is 0 Å². The number of nitrogens with zero attached hydrogens (tertiary/aromatic N) is 5. The number of carbonyl (C=O) groups is 3. The second-order valence-electron chi connectivity index (χ2n) is 12.9. The first-order valence-electron chi connectivity index (χ1n) is 16.8. The molecule has 0 aliphatic carbocycles. The summed E-state index contributed by atoms with van der Waals surface area (Å²) in [6.07, 6.45) is -15.4. The van der Waals surface area contributed by atoms with Crippen molar-refractivity contribution < 1.29 is 74.6 Å². The number of carbonyl (C=O) groups excluding carboxylic acids is 1. The minimum Gasteiger partial charge on any atom is -0.481 e. The van der Waals surface area contributed by atoms with Gasteiger partial charge < -0.3 is 81.4 Å². The number of ether oxygens (including phenoxy) is 3. The van der Waals surface area contributed by atoms with Crippen LogP contribution in [0.25, 0.3) is 11.2 Å². The Hall–Kier alpha value is -4.95. The molecule has 2 aliphatic rings. The normalized spacial score (nSPS) is 28.7. The fourth-order valence-corrected chi connectivity index (χ4v) is 5.91. The number of hydrogen-bond acceptors (Lipinski definition) is 20. The van der Waals surface area contributed by atoms with Crippen LogP contribution in [-0.4, -0.2) is 171 Å². The van der Waals surface area contributed by atoms with Crippen molar-refractivity contribution in [2.24, 2.45) is 0 Å². The Labute approximate surface area is 311 Å². The molecule has 11 atom stereocenters. The van der Waals surface area contributed by atoms with Crippen molar-refractivity contribution in [3.05, 3.63) is 41.7 Å². The van der Waals surface area contributed by atoms with Crippen molar-refractivity contribution in [3.63, 3.8) is 0 Å². The van der Waals surface area contributed by atoms with Crippen molar-refractivity contribution in [1.29, 1.82) is 0 Å². The van der Waals surface area contributed by atoms with E-state index in [1.807, 2.05) is 0 Å². The van der Waals surface area contributed by atoms with E-state index in [0.29, 0.717) is 11.4 Å². The van der Waals surface area contributed by atoms with Crippen LogP contribution in [0.5, 0.6) is 0 Å². The topological polar surface area (TPSA) is 366 Å². The molecule has 1 amide bonds. The lowest BCUT2D eigenvalue weighted by Crippen LogP contribution is -2.65. The maximum Gasteiger partial charge on any atom is 0.326 e. The number of benzene rings is 1. The summed E-state index contributed by atoms with van der Waals surface area (Å²) in [6.45, 7) is -1.28. The van der Waals surface area contributed by atoms with Crippen molar-refractivity contribution in [2.45, 2.75) is 86.8 Å². The van der Waals surface area contributed by atoms with Gasteiger partial charge in [0.05, 0.1) is 31.6 Å². The second kappa shape index (κ2) is 17.7. The number of carboxylic acid groups (broad SMARTS) is 2. The highest BCUT2D eigenvalue weighted by atomic mass is 16.7. The zero-order valence-corrected chi connectivity index (χ0v) is 29.1. The summed E-state index contributed by atoms with van der Waals surface area (Å²) in [7, 11) is 1.74. The van der Waals surface area contributed by atoms with Gasteiger partial charge in [0.2, 0.25) is 5.95 Å². The van der Waals surface area contributed by atoms with Gasteiger partial charge in [-0.3, -0.25) is 9.59 Å². The van der Waals surface area contributed by atoms with Crippen molar-refractivity contribution in [1.82, 2.24) is 25.3 Å². The Morgan fingerprint density at radius 1 is 0.909 bits per heavy atom. The SMILES string of the molecule is CN(Cc1cnc2nc(NC3O[C@H](CO)[C@H](O[C@@H]4O[C@H](CO)[C@H](O)[C@H](O)[C@H]4O)[C@H](O)[C@H]3O)nc(N)c2n1)c1ccc(C(=O)N[C@@H](CCC(=O)O)C(=O)O)cc1. The van der Waals surface area contributed by atoms with Gasteiger partial charge in [-0.1, -0.05) is 0 Å². The highest BCUT2D eigenvalue weighted by molar-refractivity contribution is 5.97. The van der Waals surface area contributed by atoms with Crippen molar-refractivity contribution in [3.8, 4) is 0 Å². The molecule has 1 aromatic carbocycles. The standard InChI is InChI=1S/C32H42N8O15/c1-40(14-4-2-12(3-5-14)28(50)36-15(30(51)52)6-7-18(43)44)9-13-8-34-27-19(35-13)26(33)37-32(38-27)39-29-23(48)22(47)25(17(11-42)53-29)55-31-24(49)21(46)20(45)16(10-41)54-31/h2-5,8,15-17,20-25,29,31,41-42,45-49H,6-7,9-11H2,1H3,(H,36,50)(H,43,44)(H,51,52)(H3,33,34,37,38,39)/t15-,16+,17+,20-,21-,22+,23+,24+,25-,29?,31-/m0/s1. The van der Waals surface area contributed by atoms with Gasteiger partial charge in [-0.2, -0.15) is 9.97 Å². The van der Waals surface area contributed by atoms with Crippen LogP contribution in [0, 0.1) is 0 Å². The molecule has 0 bridgehead atoms. The number of anilines is 3. The number of nitrogen functional groups attached to an aromatic ring is 1. The van der Waals surface area contributed by atoms with Gasteiger partial charge in [0.1, 0.15) is 54.9 Å². The molecular formula is C32H42N8O15. The predicted molar refractivity (Wildman–Crippen MR) is 184 cm³/mol. The highest BCUT2D eigenvalue weighted by Crippen LogP contribution is 2.30. The maximum atomic E-state index is 12.6. The highest BCUT2D eigenvalue weighted by Gasteiger charge is 2.50.